The molecular weight excluding hydrogens is 442 g/mol. The van der Waals surface area contributed by atoms with Crippen molar-refractivity contribution in [2.75, 3.05) is 13.1 Å². The topological polar surface area (TPSA) is 75.6 Å². The summed E-state index contributed by atoms with van der Waals surface area (Å²) >= 11 is 0. The third kappa shape index (κ3) is 3.34. The van der Waals surface area contributed by atoms with Crippen LogP contribution < -0.4 is 0 Å². The van der Waals surface area contributed by atoms with Crippen LogP contribution in [0.25, 0.3) is 11.0 Å². The normalized spacial score (nSPS) is 23.6. The van der Waals surface area contributed by atoms with Gasteiger partial charge in [0.25, 0.3) is 11.8 Å². The quantitative estimate of drug-likeness (QED) is 0.579. The van der Waals surface area contributed by atoms with Gasteiger partial charge >= 0.3 is 0 Å². The van der Waals surface area contributed by atoms with Gasteiger partial charge in [0.1, 0.15) is 23.6 Å². The Morgan fingerprint density at radius 1 is 1.03 bits per heavy atom. The molecule has 174 valence electrons. The first-order chi connectivity index (χ1) is 16.4. The maximum Gasteiger partial charge on any atom is 0.274 e. The van der Waals surface area contributed by atoms with E-state index in [1.54, 1.807) is 9.80 Å². The average molecular weight is 464 g/mol. The Bertz CT molecular complexity index is 1290. The Balaban J connectivity index is 1.18. The van der Waals surface area contributed by atoms with E-state index in [1.165, 1.54) is 18.3 Å². The second-order valence-corrected chi connectivity index (χ2v) is 9.11. The average Bonchev–Trinajstić information content (AvgIpc) is 3.36. The van der Waals surface area contributed by atoms with Gasteiger partial charge in [0.2, 0.25) is 0 Å². The van der Waals surface area contributed by atoms with Gasteiger partial charge < -0.3 is 14.5 Å². The van der Waals surface area contributed by atoms with Gasteiger partial charge in [0.15, 0.2) is 5.60 Å². The fourth-order valence-electron chi connectivity index (χ4n) is 5.43. The van der Waals surface area contributed by atoms with Gasteiger partial charge in [-0.2, -0.15) is 0 Å². The molecule has 0 N–H and O–H groups in total. The molecule has 0 radical (unpaired) electrons. The SMILES string of the molecule is O=C(c1cnc2ccccc2n1)N1CCC2(CC1)O[C@@H]1CC[C@@H](c3cc(F)cc(F)c3)N1C2=O. The number of rotatable bonds is 2. The van der Waals surface area contributed by atoms with Gasteiger partial charge in [-0.3, -0.25) is 14.6 Å². The predicted molar refractivity (Wildman–Crippen MR) is 117 cm³/mol. The highest BCUT2D eigenvalue weighted by molar-refractivity contribution is 5.94. The van der Waals surface area contributed by atoms with Crippen molar-refractivity contribution in [2.45, 2.75) is 43.6 Å². The molecule has 3 aliphatic rings. The van der Waals surface area contributed by atoms with E-state index in [-0.39, 0.29) is 17.5 Å². The highest BCUT2D eigenvalue weighted by Crippen LogP contribution is 2.47. The van der Waals surface area contributed by atoms with Crippen molar-refractivity contribution < 1.29 is 23.1 Å². The van der Waals surface area contributed by atoms with Crippen molar-refractivity contribution in [2.24, 2.45) is 0 Å². The Hall–Kier alpha value is -3.46. The second-order valence-electron chi connectivity index (χ2n) is 9.11. The van der Waals surface area contributed by atoms with Crippen molar-refractivity contribution in [3.8, 4) is 0 Å². The number of halogens is 2. The zero-order chi connectivity index (χ0) is 23.4. The molecule has 4 heterocycles. The first kappa shape index (κ1) is 21.1. The fourth-order valence-corrected chi connectivity index (χ4v) is 5.43. The van der Waals surface area contributed by atoms with E-state index in [1.807, 2.05) is 24.3 Å². The molecule has 1 spiro atoms. The van der Waals surface area contributed by atoms with Crippen LogP contribution in [0.2, 0.25) is 0 Å². The molecule has 0 saturated carbocycles. The van der Waals surface area contributed by atoms with E-state index in [2.05, 4.69) is 9.97 Å². The highest BCUT2D eigenvalue weighted by Gasteiger charge is 2.58. The number of benzene rings is 2. The van der Waals surface area contributed by atoms with Crippen molar-refractivity contribution in [3.05, 3.63) is 71.6 Å². The lowest BCUT2D eigenvalue weighted by Crippen LogP contribution is -2.51. The van der Waals surface area contributed by atoms with E-state index in [4.69, 9.17) is 4.74 Å². The van der Waals surface area contributed by atoms with Gasteiger partial charge in [-0.25, -0.2) is 13.8 Å². The molecule has 0 aliphatic carbocycles. The molecule has 3 aliphatic heterocycles. The molecule has 3 saturated heterocycles. The van der Waals surface area contributed by atoms with Crippen LogP contribution in [0.5, 0.6) is 0 Å². The molecule has 0 unspecified atom stereocenters. The van der Waals surface area contributed by atoms with Crippen LogP contribution in [0.1, 0.15) is 47.8 Å². The first-order valence-corrected chi connectivity index (χ1v) is 11.4. The zero-order valence-corrected chi connectivity index (χ0v) is 18.3. The smallest absolute Gasteiger partial charge is 0.274 e. The number of amides is 2. The van der Waals surface area contributed by atoms with Crippen LogP contribution in [0, 0.1) is 11.6 Å². The molecule has 3 fully saturated rings. The van der Waals surface area contributed by atoms with Gasteiger partial charge in [-0.1, -0.05) is 12.1 Å². The van der Waals surface area contributed by atoms with Crippen LogP contribution in [0.3, 0.4) is 0 Å². The summed E-state index contributed by atoms with van der Waals surface area (Å²) in [7, 11) is 0. The van der Waals surface area contributed by atoms with E-state index >= 15 is 0 Å². The fraction of sp³-hybridized carbons (Fsp3) is 0.360. The maximum absolute atomic E-state index is 13.8. The number of nitrogens with zero attached hydrogens (tertiary/aromatic N) is 4. The van der Waals surface area contributed by atoms with Crippen LogP contribution in [0.4, 0.5) is 8.78 Å². The summed E-state index contributed by atoms with van der Waals surface area (Å²) in [6.45, 7) is 0.692. The number of hydrogen-bond donors (Lipinski definition) is 0. The monoisotopic (exact) mass is 464 g/mol. The Morgan fingerprint density at radius 2 is 1.74 bits per heavy atom. The number of carbonyl (C=O) groups excluding carboxylic acids is 2. The first-order valence-electron chi connectivity index (χ1n) is 11.4. The maximum atomic E-state index is 13.8. The van der Waals surface area contributed by atoms with E-state index in [9.17, 15) is 18.4 Å². The molecule has 6 rings (SSSR count). The second kappa shape index (κ2) is 7.80. The van der Waals surface area contributed by atoms with Gasteiger partial charge in [0, 0.05) is 32.0 Å². The van der Waals surface area contributed by atoms with Gasteiger partial charge in [-0.05, 0) is 42.7 Å². The Kier molecular flexibility index (Phi) is 4.84. The summed E-state index contributed by atoms with van der Waals surface area (Å²) in [5.41, 5.74) is 1.06. The summed E-state index contributed by atoms with van der Waals surface area (Å²) in [4.78, 5) is 38.6. The number of para-hydroxylation sites is 2. The molecular formula is C25H22F2N4O3. The van der Waals surface area contributed by atoms with Crippen molar-refractivity contribution in [1.82, 2.24) is 19.8 Å². The molecule has 9 heteroatoms. The summed E-state index contributed by atoms with van der Waals surface area (Å²) in [6.07, 6.45) is 2.96. The third-order valence-corrected chi connectivity index (χ3v) is 7.11. The van der Waals surface area contributed by atoms with Crippen molar-refractivity contribution >= 4 is 22.8 Å². The van der Waals surface area contributed by atoms with Gasteiger partial charge in [0.05, 0.1) is 23.3 Å². The Morgan fingerprint density at radius 3 is 2.47 bits per heavy atom. The van der Waals surface area contributed by atoms with E-state index in [0.29, 0.717) is 49.9 Å². The zero-order valence-electron chi connectivity index (χ0n) is 18.3. The van der Waals surface area contributed by atoms with Crippen LogP contribution >= 0.6 is 0 Å². The lowest BCUT2D eigenvalue weighted by Gasteiger charge is -2.37. The number of piperidine rings is 1. The summed E-state index contributed by atoms with van der Waals surface area (Å²) in [5, 5.41) is 0. The van der Waals surface area contributed by atoms with E-state index in [0.717, 1.165) is 11.6 Å². The Labute approximate surface area is 194 Å². The molecule has 34 heavy (non-hydrogen) atoms. The number of ether oxygens (including phenoxy) is 1. The number of hydrogen-bond acceptors (Lipinski definition) is 5. The molecule has 2 aromatic carbocycles. The van der Waals surface area contributed by atoms with Crippen molar-refractivity contribution in [3.63, 3.8) is 0 Å². The van der Waals surface area contributed by atoms with Crippen LogP contribution in [-0.2, 0) is 9.53 Å². The van der Waals surface area contributed by atoms with Crippen LogP contribution in [0.15, 0.2) is 48.7 Å². The number of carbonyl (C=O) groups is 2. The minimum atomic E-state index is -1.01. The van der Waals surface area contributed by atoms with Crippen LogP contribution in [-0.4, -0.2) is 56.5 Å². The largest absolute Gasteiger partial charge is 0.342 e. The third-order valence-electron chi connectivity index (χ3n) is 7.11. The predicted octanol–water partition coefficient (Wildman–Crippen LogP) is 3.60. The molecule has 2 atom stereocenters. The molecule has 2 amide bonds. The summed E-state index contributed by atoms with van der Waals surface area (Å²) in [6, 6.07) is 10.3. The van der Waals surface area contributed by atoms with Gasteiger partial charge in [-0.15, -0.1) is 0 Å². The highest BCUT2D eigenvalue weighted by atomic mass is 19.1. The molecule has 0 bridgehead atoms. The number of likely N-dealkylation sites (tertiary alicyclic amines) is 1. The van der Waals surface area contributed by atoms with E-state index < -0.39 is 29.5 Å². The lowest BCUT2D eigenvalue weighted by atomic mass is 9.89. The summed E-state index contributed by atoms with van der Waals surface area (Å²) < 4.78 is 33.8. The summed E-state index contributed by atoms with van der Waals surface area (Å²) in [5.74, 6) is -1.72. The number of aromatic nitrogens is 2. The molecule has 7 nitrogen and oxygen atoms in total. The lowest BCUT2D eigenvalue weighted by molar-refractivity contribution is -0.142. The standard InChI is InChI=1S/C25H22F2N4O3/c26-16-11-15(12-17(27)13-16)21-5-6-22-31(21)24(33)25(34-22)7-9-30(10-8-25)23(32)20-14-28-18-3-1-2-4-19(18)29-20/h1-4,11-14,21-22H,5-10H2/t21-,22+/m0/s1. The molecule has 3 aromatic rings. The minimum Gasteiger partial charge on any atom is -0.342 e. The van der Waals surface area contributed by atoms with Crippen molar-refractivity contribution in [1.29, 1.82) is 0 Å². The number of fused-ring (bicyclic) bond motifs is 2. The molecule has 1 aromatic heterocycles. The minimum absolute atomic E-state index is 0.165.